The highest BCUT2D eigenvalue weighted by Crippen LogP contribution is 2.33. The molecule has 2 aromatic carbocycles. The zero-order valence-corrected chi connectivity index (χ0v) is 21.4. The number of benzene rings is 2. The third-order valence-corrected chi connectivity index (χ3v) is 6.41. The van der Waals surface area contributed by atoms with Crippen LogP contribution in [-0.2, 0) is 12.7 Å². The van der Waals surface area contributed by atoms with Crippen molar-refractivity contribution in [2.75, 3.05) is 5.32 Å². The topological polar surface area (TPSA) is 77.1 Å². The quantitative estimate of drug-likeness (QED) is 0.233. The fraction of sp³-hybridized carbons (Fsp3) is 0.185. The number of hydrogen-bond acceptors (Lipinski definition) is 4. The van der Waals surface area contributed by atoms with Crippen LogP contribution in [0.1, 0.15) is 47.1 Å². The van der Waals surface area contributed by atoms with Crippen LogP contribution in [-0.4, -0.2) is 30.3 Å². The first-order valence-electron chi connectivity index (χ1n) is 11.8. The number of rotatable bonds is 6. The molecule has 1 amide bonds. The first-order valence-corrected chi connectivity index (χ1v) is 12.2. The van der Waals surface area contributed by atoms with E-state index in [0.29, 0.717) is 15.6 Å². The van der Waals surface area contributed by atoms with Crippen LogP contribution < -0.4 is 5.32 Å². The Morgan fingerprint density at radius 1 is 1.08 bits per heavy atom. The number of aromatic nitrogens is 5. The number of carbonyl (C=O) groups excluding carboxylic acids is 1. The molecule has 0 radical (unpaired) electrons. The summed E-state index contributed by atoms with van der Waals surface area (Å²) in [6.45, 7) is 4.25. The Labute approximate surface area is 225 Å². The van der Waals surface area contributed by atoms with Crippen LogP contribution in [0.4, 0.5) is 23.2 Å². The van der Waals surface area contributed by atoms with Gasteiger partial charge in [-0.2, -0.15) is 23.4 Å². The predicted molar refractivity (Wildman–Crippen MR) is 138 cm³/mol. The van der Waals surface area contributed by atoms with Crippen molar-refractivity contribution in [1.29, 1.82) is 0 Å². The summed E-state index contributed by atoms with van der Waals surface area (Å²) in [5.74, 6) is -0.941. The largest absolute Gasteiger partial charge is 0.433 e. The zero-order valence-electron chi connectivity index (χ0n) is 20.7. The van der Waals surface area contributed by atoms with Crippen molar-refractivity contribution in [3.8, 4) is 11.3 Å². The van der Waals surface area contributed by atoms with E-state index in [1.807, 2.05) is 26.0 Å². The number of halogens is 5. The van der Waals surface area contributed by atoms with Gasteiger partial charge in [-0.25, -0.2) is 13.9 Å². The number of anilines is 1. The maximum absolute atomic E-state index is 13.9. The molecule has 0 fully saturated rings. The van der Waals surface area contributed by atoms with E-state index in [9.17, 15) is 22.4 Å². The lowest BCUT2D eigenvalue weighted by Crippen LogP contribution is -2.15. The summed E-state index contributed by atoms with van der Waals surface area (Å²) in [7, 11) is 0. The second kappa shape index (κ2) is 10.1. The Morgan fingerprint density at radius 3 is 2.49 bits per heavy atom. The molecule has 0 saturated carbocycles. The molecular weight excluding hydrogens is 536 g/mol. The Hall–Kier alpha value is -4.25. The molecule has 0 saturated heterocycles. The number of carbonyl (C=O) groups is 1. The van der Waals surface area contributed by atoms with Crippen LogP contribution in [0.25, 0.3) is 16.9 Å². The van der Waals surface area contributed by atoms with Gasteiger partial charge in [0.15, 0.2) is 17.0 Å². The average Bonchev–Trinajstić information content (AvgIpc) is 3.51. The van der Waals surface area contributed by atoms with Gasteiger partial charge in [0.2, 0.25) is 0 Å². The van der Waals surface area contributed by atoms with E-state index >= 15 is 0 Å². The summed E-state index contributed by atoms with van der Waals surface area (Å²) >= 11 is 6.06. The second-order valence-corrected chi connectivity index (χ2v) is 9.62. The molecule has 0 aliphatic rings. The summed E-state index contributed by atoms with van der Waals surface area (Å²) < 4.78 is 57.2. The van der Waals surface area contributed by atoms with E-state index in [2.05, 4.69) is 20.5 Å². The van der Waals surface area contributed by atoms with Gasteiger partial charge in [-0.05, 0) is 35.2 Å². The molecule has 0 atom stereocenters. The van der Waals surface area contributed by atoms with Crippen LogP contribution >= 0.6 is 11.6 Å². The standard InChI is InChI=1S/C27H21ClF4N6O/c1-15(2)16-3-5-17(6-4-16)22-10-24(27(30,31)32)38-25(35-22)11-23(36-38)26(39)34-20-12-33-37(14-20)13-18-7-8-19(29)9-21(18)28/h3-12,14-15H,13H2,1-2H3,(H,34,39). The van der Waals surface area contributed by atoms with Crippen LogP contribution in [0.2, 0.25) is 5.02 Å². The summed E-state index contributed by atoms with van der Waals surface area (Å²) in [6, 6.07) is 13.2. The summed E-state index contributed by atoms with van der Waals surface area (Å²) in [4.78, 5) is 17.2. The minimum absolute atomic E-state index is 0.109. The predicted octanol–water partition coefficient (Wildman–Crippen LogP) is 6.83. The van der Waals surface area contributed by atoms with Crippen molar-refractivity contribution in [3.05, 3.63) is 100 Å². The molecule has 3 aromatic heterocycles. The zero-order chi connectivity index (χ0) is 27.9. The Bertz CT molecular complexity index is 1670. The monoisotopic (exact) mass is 556 g/mol. The van der Waals surface area contributed by atoms with Crippen LogP contribution in [0.5, 0.6) is 0 Å². The molecule has 5 aromatic rings. The number of amides is 1. The summed E-state index contributed by atoms with van der Waals surface area (Å²) in [5, 5.41) is 10.8. The molecule has 0 spiro atoms. The van der Waals surface area contributed by atoms with Crippen LogP contribution in [0.15, 0.2) is 67.0 Å². The number of nitrogens with one attached hydrogen (secondary N) is 1. The number of nitrogens with zero attached hydrogens (tertiary/aromatic N) is 5. The molecule has 3 heterocycles. The number of fused-ring (bicyclic) bond motifs is 1. The highest BCUT2D eigenvalue weighted by molar-refractivity contribution is 6.31. The average molecular weight is 557 g/mol. The van der Waals surface area contributed by atoms with Gasteiger partial charge in [0, 0.05) is 22.8 Å². The van der Waals surface area contributed by atoms with Gasteiger partial charge in [0.05, 0.1) is 24.1 Å². The Balaban J connectivity index is 1.41. The molecule has 12 heteroatoms. The minimum Gasteiger partial charge on any atom is -0.318 e. The molecule has 0 unspecified atom stereocenters. The van der Waals surface area contributed by atoms with Gasteiger partial charge in [0.1, 0.15) is 5.82 Å². The van der Waals surface area contributed by atoms with Gasteiger partial charge in [0.25, 0.3) is 5.91 Å². The van der Waals surface area contributed by atoms with Crippen molar-refractivity contribution in [2.24, 2.45) is 0 Å². The summed E-state index contributed by atoms with van der Waals surface area (Å²) in [5.41, 5.74) is 1.12. The van der Waals surface area contributed by atoms with Gasteiger partial charge < -0.3 is 5.32 Å². The van der Waals surface area contributed by atoms with E-state index in [1.165, 1.54) is 41.3 Å². The third-order valence-electron chi connectivity index (χ3n) is 6.06. The first-order chi connectivity index (χ1) is 18.5. The fourth-order valence-corrected chi connectivity index (χ4v) is 4.24. The number of alkyl halides is 3. The van der Waals surface area contributed by atoms with Gasteiger partial charge in [-0.3, -0.25) is 9.48 Å². The molecule has 0 bridgehead atoms. The summed E-state index contributed by atoms with van der Waals surface area (Å²) in [6.07, 6.45) is -1.87. The lowest BCUT2D eigenvalue weighted by atomic mass is 10.0. The maximum atomic E-state index is 13.9. The molecule has 0 aliphatic carbocycles. The van der Waals surface area contributed by atoms with Gasteiger partial charge >= 0.3 is 6.18 Å². The molecular formula is C27H21ClF4N6O. The van der Waals surface area contributed by atoms with Crippen LogP contribution in [0.3, 0.4) is 0 Å². The third kappa shape index (κ3) is 5.63. The highest BCUT2D eigenvalue weighted by atomic mass is 35.5. The highest BCUT2D eigenvalue weighted by Gasteiger charge is 2.35. The molecule has 1 N–H and O–H groups in total. The molecule has 5 rings (SSSR count). The smallest absolute Gasteiger partial charge is 0.318 e. The van der Waals surface area contributed by atoms with Crippen molar-refractivity contribution < 1.29 is 22.4 Å². The Morgan fingerprint density at radius 2 is 1.82 bits per heavy atom. The van der Waals surface area contributed by atoms with Crippen molar-refractivity contribution in [3.63, 3.8) is 0 Å². The SMILES string of the molecule is CC(C)c1ccc(-c2cc(C(F)(F)F)n3nc(C(=O)Nc4cnn(Cc5ccc(F)cc5Cl)c4)cc3n2)cc1. The molecule has 7 nitrogen and oxygen atoms in total. The van der Waals surface area contributed by atoms with Crippen LogP contribution in [0, 0.1) is 5.82 Å². The Kier molecular flexibility index (Phi) is 6.85. The lowest BCUT2D eigenvalue weighted by Gasteiger charge is -2.11. The van der Waals surface area contributed by atoms with E-state index < -0.39 is 23.6 Å². The number of hydrogen-bond donors (Lipinski definition) is 1. The van der Waals surface area contributed by atoms with Crippen molar-refractivity contribution in [1.82, 2.24) is 24.4 Å². The minimum atomic E-state index is -4.74. The normalized spacial score (nSPS) is 11.9. The van der Waals surface area contributed by atoms with Crippen molar-refractivity contribution in [2.45, 2.75) is 32.5 Å². The van der Waals surface area contributed by atoms with E-state index in [0.717, 1.165) is 11.6 Å². The fourth-order valence-electron chi connectivity index (χ4n) is 4.01. The lowest BCUT2D eigenvalue weighted by molar-refractivity contribution is -0.142. The molecule has 39 heavy (non-hydrogen) atoms. The van der Waals surface area contributed by atoms with E-state index in [-0.39, 0.29) is 40.2 Å². The maximum Gasteiger partial charge on any atom is 0.433 e. The molecule has 200 valence electrons. The first kappa shape index (κ1) is 26.4. The van der Waals surface area contributed by atoms with E-state index in [4.69, 9.17) is 11.6 Å². The second-order valence-electron chi connectivity index (χ2n) is 9.22. The van der Waals surface area contributed by atoms with Gasteiger partial charge in [-0.15, -0.1) is 0 Å². The van der Waals surface area contributed by atoms with Gasteiger partial charge in [-0.1, -0.05) is 55.8 Å². The van der Waals surface area contributed by atoms with Crippen molar-refractivity contribution >= 4 is 28.8 Å². The molecule has 0 aliphatic heterocycles. The van der Waals surface area contributed by atoms with E-state index in [1.54, 1.807) is 12.1 Å².